The molecule has 0 radical (unpaired) electrons. The van der Waals surface area contributed by atoms with E-state index in [9.17, 15) is 4.79 Å². The van der Waals surface area contributed by atoms with Crippen molar-refractivity contribution in [2.24, 2.45) is 0 Å². The van der Waals surface area contributed by atoms with Crippen LogP contribution in [0.3, 0.4) is 0 Å². The summed E-state index contributed by atoms with van der Waals surface area (Å²) in [5.41, 5.74) is 0. The van der Waals surface area contributed by atoms with Crippen molar-refractivity contribution in [3.8, 4) is 0 Å². The second-order valence-corrected chi connectivity index (χ2v) is 6.66. The molecular weight excluding hydrogens is 266 g/mol. The van der Waals surface area contributed by atoms with E-state index in [1.54, 1.807) is 0 Å². The van der Waals surface area contributed by atoms with Crippen LogP contribution < -0.4 is 5.32 Å². The van der Waals surface area contributed by atoms with E-state index in [2.05, 4.69) is 15.1 Å². The molecule has 1 amide bonds. The van der Waals surface area contributed by atoms with Crippen molar-refractivity contribution in [2.45, 2.75) is 57.2 Å². The van der Waals surface area contributed by atoms with Gasteiger partial charge in [0.25, 0.3) is 0 Å². The summed E-state index contributed by atoms with van der Waals surface area (Å²) in [5.74, 6) is 0.232. The summed E-state index contributed by atoms with van der Waals surface area (Å²) in [5, 5.41) is 3.32. The summed E-state index contributed by atoms with van der Waals surface area (Å²) in [4.78, 5) is 17.4. The van der Waals surface area contributed by atoms with Crippen molar-refractivity contribution >= 4 is 5.91 Å². The highest BCUT2D eigenvalue weighted by Gasteiger charge is 2.33. The number of carbonyl (C=O) groups is 1. The minimum absolute atomic E-state index is 0.0135. The second kappa shape index (κ2) is 7.07. The van der Waals surface area contributed by atoms with Crippen LogP contribution in [-0.4, -0.2) is 73.2 Å². The Morgan fingerprint density at radius 3 is 2.67 bits per heavy atom. The van der Waals surface area contributed by atoms with Crippen LogP contribution in [0, 0.1) is 0 Å². The molecule has 120 valence electrons. The fourth-order valence-electron chi connectivity index (χ4n) is 4.00. The molecule has 5 nitrogen and oxygen atoms in total. The second-order valence-electron chi connectivity index (χ2n) is 6.66. The van der Waals surface area contributed by atoms with Crippen molar-refractivity contribution in [1.29, 1.82) is 0 Å². The number of carbonyl (C=O) groups excluding carboxylic acids is 1. The minimum atomic E-state index is -0.156. The Hall–Kier alpha value is -0.650. The van der Waals surface area contributed by atoms with E-state index in [1.807, 2.05) is 6.92 Å². The number of hydrogen-bond acceptors (Lipinski definition) is 4. The molecule has 0 spiro atoms. The lowest BCUT2D eigenvalue weighted by Gasteiger charge is -2.33. The van der Waals surface area contributed by atoms with Gasteiger partial charge in [0, 0.05) is 38.8 Å². The SMILES string of the molecule is C[C@H]1OCCN[C@@H]1C(=O)N1CCCN(C2CCCC2)CC1. The van der Waals surface area contributed by atoms with Crippen LogP contribution in [-0.2, 0) is 9.53 Å². The quantitative estimate of drug-likeness (QED) is 0.820. The van der Waals surface area contributed by atoms with Gasteiger partial charge in [0.15, 0.2) is 0 Å². The lowest BCUT2D eigenvalue weighted by molar-refractivity contribution is -0.139. The summed E-state index contributed by atoms with van der Waals surface area (Å²) in [6.45, 7) is 7.45. The Bertz CT molecular complexity index is 357. The Morgan fingerprint density at radius 2 is 1.90 bits per heavy atom. The van der Waals surface area contributed by atoms with Gasteiger partial charge in [-0.1, -0.05) is 12.8 Å². The molecule has 3 aliphatic rings. The van der Waals surface area contributed by atoms with Gasteiger partial charge < -0.3 is 15.0 Å². The topological polar surface area (TPSA) is 44.8 Å². The third-order valence-electron chi connectivity index (χ3n) is 5.27. The fourth-order valence-corrected chi connectivity index (χ4v) is 4.00. The molecular formula is C16H29N3O2. The van der Waals surface area contributed by atoms with E-state index in [0.717, 1.165) is 45.2 Å². The van der Waals surface area contributed by atoms with Crippen LogP contribution in [0.2, 0.25) is 0 Å². The van der Waals surface area contributed by atoms with Gasteiger partial charge in [-0.2, -0.15) is 0 Å². The van der Waals surface area contributed by atoms with E-state index in [1.165, 1.54) is 25.7 Å². The summed E-state index contributed by atoms with van der Waals surface area (Å²) < 4.78 is 5.62. The minimum Gasteiger partial charge on any atom is -0.375 e. The third-order valence-corrected chi connectivity index (χ3v) is 5.27. The van der Waals surface area contributed by atoms with Crippen LogP contribution in [0.5, 0.6) is 0 Å². The zero-order valence-electron chi connectivity index (χ0n) is 13.2. The summed E-state index contributed by atoms with van der Waals surface area (Å²) in [6, 6.07) is 0.617. The highest BCUT2D eigenvalue weighted by molar-refractivity contribution is 5.82. The number of morpholine rings is 1. The molecule has 0 aromatic heterocycles. The average Bonchev–Trinajstić information content (AvgIpc) is 2.92. The van der Waals surface area contributed by atoms with Crippen LogP contribution in [0.15, 0.2) is 0 Å². The van der Waals surface area contributed by atoms with Gasteiger partial charge in [-0.3, -0.25) is 9.69 Å². The van der Waals surface area contributed by atoms with Crippen LogP contribution in [0.25, 0.3) is 0 Å². The van der Waals surface area contributed by atoms with Crippen molar-refractivity contribution < 1.29 is 9.53 Å². The largest absolute Gasteiger partial charge is 0.375 e. The molecule has 21 heavy (non-hydrogen) atoms. The van der Waals surface area contributed by atoms with Crippen molar-refractivity contribution in [3.63, 3.8) is 0 Å². The lowest BCUT2D eigenvalue weighted by Crippen LogP contribution is -2.56. The first-order valence-corrected chi connectivity index (χ1v) is 8.63. The van der Waals surface area contributed by atoms with Crippen LogP contribution in [0.4, 0.5) is 0 Å². The number of ether oxygens (including phenoxy) is 1. The maximum absolute atomic E-state index is 12.7. The number of rotatable bonds is 2. The van der Waals surface area contributed by atoms with E-state index in [-0.39, 0.29) is 18.1 Å². The number of nitrogens with zero attached hydrogens (tertiary/aromatic N) is 2. The maximum Gasteiger partial charge on any atom is 0.242 e. The molecule has 5 heteroatoms. The predicted octanol–water partition coefficient (Wildman–Crippen LogP) is 0.840. The number of nitrogens with one attached hydrogen (secondary N) is 1. The molecule has 2 saturated heterocycles. The molecule has 1 N–H and O–H groups in total. The van der Waals surface area contributed by atoms with Crippen LogP contribution >= 0.6 is 0 Å². The maximum atomic E-state index is 12.7. The molecule has 0 aromatic rings. The molecule has 0 unspecified atom stereocenters. The molecule has 3 fully saturated rings. The highest BCUT2D eigenvalue weighted by Crippen LogP contribution is 2.24. The molecule has 1 aliphatic carbocycles. The molecule has 2 heterocycles. The number of amides is 1. The molecule has 2 aliphatic heterocycles. The zero-order valence-corrected chi connectivity index (χ0v) is 13.2. The summed E-state index contributed by atoms with van der Waals surface area (Å²) in [6.07, 6.45) is 6.55. The monoisotopic (exact) mass is 295 g/mol. The zero-order chi connectivity index (χ0) is 14.7. The van der Waals surface area contributed by atoms with Gasteiger partial charge in [0.1, 0.15) is 6.04 Å². The molecule has 2 atom stereocenters. The van der Waals surface area contributed by atoms with Gasteiger partial charge in [-0.05, 0) is 26.2 Å². The first-order valence-electron chi connectivity index (χ1n) is 8.63. The van der Waals surface area contributed by atoms with Gasteiger partial charge in [-0.15, -0.1) is 0 Å². The summed E-state index contributed by atoms with van der Waals surface area (Å²) >= 11 is 0. The van der Waals surface area contributed by atoms with Crippen molar-refractivity contribution in [3.05, 3.63) is 0 Å². The van der Waals surface area contributed by atoms with Crippen molar-refractivity contribution in [2.75, 3.05) is 39.3 Å². The molecule has 0 bridgehead atoms. The van der Waals surface area contributed by atoms with E-state index < -0.39 is 0 Å². The molecule has 0 aromatic carbocycles. The smallest absolute Gasteiger partial charge is 0.242 e. The Labute approximate surface area is 128 Å². The van der Waals surface area contributed by atoms with E-state index in [4.69, 9.17) is 4.74 Å². The normalized spacial score (nSPS) is 33.1. The van der Waals surface area contributed by atoms with Gasteiger partial charge in [-0.25, -0.2) is 0 Å². The molecule has 1 saturated carbocycles. The summed E-state index contributed by atoms with van der Waals surface area (Å²) in [7, 11) is 0. The first-order chi connectivity index (χ1) is 10.3. The Kier molecular flexibility index (Phi) is 5.14. The number of hydrogen-bond donors (Lipinski definition) is 1. The average molecular weight is 295 g/mol. The van der Waals surface area contributed by atoms with Crippen LogP contribution in [0.1, 0.15) is 39.0 Å². The fraction of sp³-hybridized carbons (Fsp3) is 0.938. The first kappa shape index (κ1) is 15.3. The Balaban J connectivity index is 1.55. The third kappa shape index (κ3) is 3.58. The Morgan fingerprint density at radius 1 is 1.10 bits per heavy atom. The van der Waals surface area contributed by atoms with Crippen molar-refractivity contribution in [1.82, 2.24) is 15.1 Å². The van der Waals surface area contributed by atoms with E-state index in [0.29, 0.717) is 6.61 Å². The standard InChI is InChI=1S/C16H29N3O2/c1-13-15(17-7-12-21-13)16(20)19-9-4-8-18(10-11-19)14-5-2-3-6-14/h13-15,17H,2-12H2,1H3/t13-,15+/m1/s1. The van der Waals surface area contributed by atoms with Gasteiger partial charge >= 0.3 is 0 Å². The van der Waals surface area contributed by atoms with Gasteiger partial charge in [0.05, 0.1) is 12.7 Å². The van der Waals surface area contributed by atoms with E-state index >= 15 is 0 Å². The predicted molar refractivity (Wildman–Crippen MR) is 82.2 cm³/mol. The highest BCUT2D eigenvalue weighted by atomic mass is 16.5. The van der Waals surface area contributed by atoms with Gasteiger partial charge in [0.2, 0.25) is 5.91 Å². The molecule has 3 rings (SSSR count). The lowest BCUT2D eigenvalue weighted by atomic mass is 10.1.